The Balaban J connectivity index is 0.00000645. The van der Waals surface area contributed by atoms with Gasteiger partial charge in [0.2, 0.25) is 0 Å². The van der Waals surface area contributed by atoms with Gasteiger partial charge in [-0.25, -0.2) is 4.39 Å². The standard InChI is InChI=1S/C73H54F6N3.Ir/c74-55-18-14-49(15-19-55)69-42-63(48-12-10-47(11-13-48)46-8-2-1-3-9-46)64(45-82-69)59-23-20-56(75)39-62(59)50-36-53(72-32-4-28-70(72,29-5-33-72)51-16-26-67(80-43-51)60-24-21-57(76)40-65(60)78)38-54(37-50)73-34-6-30-71(73,31-7-35-73)52-17-27-68(81-44-52)61-25-22-58(77)41-66(61)79;/h1-3,8-14,16-23,26-27,36-45H,4-7,28-35H2;/q-3;+3. The zero-order chi connectivity index (χ0) is 55.8. The number of fused-ring (bicyclic) bond motifs is 2. The molecule has 4 aliphatic carbocycles. The van der Waals surface area contributed by atoms with E-state index >= 15 is 13.2 Å². The monoisotopic (exact) mass is 1280 g/mol. The molecule has 412 valence electrons. The smallest absolute Gasteiger partial charge is 0.304 e. The molecule has 4 aliphatic rings. The first-order valence-corrected chi connectivity index (χ1v) is 28.4. The van der Waals surface area contributed by atoms with Crippen molar-refractivity contribution >= 4 is 0 Å². The second-order valence-corrected chi connectivity index (χ2v) is 23.2. The maximum absolute atomic E-state index is 16.5. The Morgan fingerprint density at radius 1 is 0.325 bits per heavy atom. The summed E-state index contributed by atoms with van der Waals surface area (Å²) in [5, 5.41) is 0. The minimum atomic E-state index is -0.719. The van der Waals surface area contributed by atoms with E-state index in [1.54, 1.807) is 12.1 Å². The molecule has 0 saturated heterocycles. The number of halogens is 6. The Labute approximate surface area is 493 Å². The molecule has 7 aromatic carbocycles. The first-order chi connectivity index (χ1) is 39.9. The first-order valence-electron chi connectivity index (χ1n) is 28.4. The molecule has 0 amide bonds. The van der Waals surface area contributed by atoms with Crippen molar-refractivity contribution in [1.29, 1.82) is 0 Å². The van der Waals surface area contributed by atoms with E-state index in [0.717, 1.165) is 157 Å². The van der Waals surface area contributed by atoms with Crippen molar-refractivity contribution in [3.05, 3.63) is 258 Å². The minimum absolute atomic E-state index is 0. The molecule has 3 nitrogen and oxygen atoms in total. The van der Waals surface area contributed by atoms with Gasteiger partial charge in [0.05, 0.1) is 0 Å². The summed E-state index contributed by atoms with van der Waals surface area (Å²) in [7, 11) is 0. The van der Waals surface area contributed by atoms with Crippen LogP contribution in [-0.4, -0.2) is 15.0 Å². The zero-order valence-corrected chi connectivity index (χ0v) is 47.6. The van der Waals surface area contributed by atoms with Crippen LogP contribution in [0.25, 0.3) is 78.3 Å². The Morgan fingerprint density at radius 3 is 1.29 bits per heavy atom. The molecule has 4 fully saturated rings. The fraction of sp³-hybridized carbons (Fsp3) is 0.219. The summed E-state index contributed by atoms with van der Waals surface area (Å²) < 4.78 is 89.3. The Morgan fingerprint density at radius 2 is 0.795 bits per heavy atom. The quantitative estimate of drug-likeness (QED) is 0.0957. The fourth-order valence-electron chi connectivity index (χ4n) is 15.8. The van der Waals surface area contributed by atoms with Crippen LogP contribution >= 0.6 is 0 Å². The van der Waals surface area contributed by atoms with E-state index < -0.39 is 29.1 Å². The van der Waals surface area contributed by atoms with Crippen molar-refractivity contribution in [1.82, 2.24) is 15.0 Å². The maximum Gasteiger partial charge on any atom is 3.00 e. The van der Waals surface area contributed by atoms with Crippen LogP contribution in [0.15, 0.2) is 182 Å². The van der Waals surface area contributed by atoms with Crippen LogP contribution in [0.4, 0.5) is 26.3 Å². The van der Waals surface area contributed by atoms with E-state index in [0.29, 0.717) is 22.6 Å². The molecule has 0 bridgehead atoms. The van der Waals surface area contributed by atoms with Crippen LogP contribution in [0, 0.1) is 53.1 Å². The number of hydrogen-bond donors (Lipinski definition) is 0. The van der Waals surface area contributed by atoms with Gasteiger partial charge in [0.1, 0.15) is 5.82 Å². The summed E-state index contributed by atoms with van der Waals surface area (Å²) in [6, 6.07) is 57.6. The van der Waals surface area contributed by atoms with Gasteiger partial charge in [-0.3, -0.25) is 22.0 Å². The molecule has 0 atom stereocenters. The van der Waals surface area contributed by atoms with Crippen LogP contribution in [0.3, 0.4) is 0 Å². The molecule has 83 heavy (non-hydrogen) atoms. The number of aromatic nitrogens is 3. The molecule has 10 aromatic rings. The van der Waals surface area contributed by atoms with Crippen molar-refractivity contribution in [2.24, 2.45) is 0 Å². The molecular formula is C73H54F6IrN3. The van der Waals surface area contributed by atoms with Gasteiger partial charge in [0, 0.05) is 74.9 Å². The molecule has 0 radical (unpaired) electrons. The third kappa shape index (κ3) is 9.10. The molecule has 0 unspecified atom stereocenters. The molecular weight excluding hydrogens is 1230 g/mol. The predicted octanol–water partition coefficient (Wildman–Crippen LogP) is 18.9. The summed E-state index contributed by atoms with van der Waals surface area (Å²) in [5.74, 6) is -3.61. The van der Waals surface area contributed by atoms with Gasteiger partial charge in [0.25, 0.3) is 0 Å². The van der Waals surface area contributed by atoms with Gasteiger partial charge >= 0.3 is 20.1 Å². The average Bonchev–Trinajstić information content (AvgIpc) is 2.20. The summed E-state index contributed by atoms with van der Waals surface area (Å²) >= 11 is 0. The van der Waals surface area contributed by atoms with E-state index in [9.17, 15) is 13.2 Å². The Bertz CT molecular complexity index is 3900. The van der Waals surface area contributed by atoms with Crippen molar-refractivity contribution in [3.8, 4) is 78.3 Å². The van der Waals surface area contributed by atoms with Crippen molar-refractivity contribution in [2.75, 3.05) is 0 Å². The third-order valence-electron chi connectivity index (χ3n) is 19.4. The van der Waals surface area contributed by atoms with Crippen LogP contribution < -0.4 is 0 Å². The fourth-order valence-corrected chi connectivity index (χ4v) is 15.8. The topological polar surface area (TPSA) is 38.7 Å². The van der Waals surface area contributed by atoms with E-state index in [-0.39, 0.29) is 58.7 Å². The van der Waals surface area contributed by atoms with E-state index in [4.69, 9.17) is 15.0 Å². The Kier molecular flexibility index (Phi) is 14.1. The SMILES string of the molecule is Fc1c[c-]c(-c2cc(-c3ccc(-c4ccccc4)cc3)c(-c3ccc(F)cc3-c3cc(C45CCCC4(c4ccc(-c6[c-]cc(F)cc6F)nc4)CCC5)cc(C45CCCC4(c4ccc(-c6[c-]cc(F)cc6F)nc4)CCC5)c3)cn2)cc1.[Ir+3]. The maximum atomic E-state index is 16.5. The number of benzene rings is 7. The first kappa shape index (κ1) is 54.5. The number of nitrogens with zero attached hydrogens (tertiary/aromatic N) is 3. The zero-order valence-electron chi connectivity index (χ0n) is 45.2. The molecule has 0 spiro atoms. The minimum Gasteiger partial charge on any atom is -0.304 e. The second-order valence-electron chi connectivity index (χ2n) is 23.2. The van der Waals surface area contributed by atoms with Crippen molar-refractivity contribution in [3.63, 3.8) is 0 Å². The Hall–Kier alpha value is -7.78. The molecule has 3 aromatic heterocycles. The normalized spacial score (nSPS) is 21.6. The summed E-state index contributed by atoms with van der Waals surface area (Å²) in [4.78, 5) is 14.7. The van der Waals surface area contributed by atoms with Gasteiger partial charge in [0.15, 0.2) is 0 Å². The summed E-state index contributed by atoms with van der Waals surface area (Å²) in [6.45, 7) is 0. The van der Waals surface area contributed by atoms with Gasteiger partial charge in [-0.2, -0.15) is 0 Å². The van der Waals surface area contributed by atoms with Gasteiger partial charge in [-0.05, 0) is 142 Å². The third-order valence-corrected chi connectivity index (χ3v) is 19.4. The summed E-state index contributed by atoms with van der Waals surface area (Å²) in [5.41, 5.74) is 12.6. The van der Waals surface area contributed by atoms with E-state index in [2.05, 4.69) is 84.9 Å². The van der Waals surface area contributed by atoms with E-state index in [1.807, 2.05) is 61.1 Å². The summed E-state index contributed by atoms with van der Waals surface area (Å²) in [6.07, 6.45) is 16.9. The molecule has 0 N–H and O–H groups in total. The van der Waals surface area contributed by atoms with Crippen LogP contribution in [0.2, 0.25) is 0 Å². The number of pyridine rings is 3. The van der Waals surface area contributed by atoms with Gasteiger partial charge in [-0.15, -0.1) is 54.1 Å². The van der Waals surface area contributed by atoms with Crippen LogP contribution in [0.1, 0.15) is 99.3 Å². The van der Waals surface area contributed by atoms with Gasteiger partial charge < -0.3 is 15.0 Å². The molecule has 3 heterocycles. The van der Waals surface area contributed by atoms with Crippen molar-refractivity contribution < 1.29 is 46.4 Å². The van der Waals surface area contributed by atoms with Gasteiger partial charge in [-0.1, -0.05) is 158 Å². The molecule has 14 rings (SSSR count). The largest absolute Gasteiger partial charge is 3.00 e. The second kappa shape index (κ2) is 21.4. The van der Waals surface area contributed by atoms with Crippen LogP contribution in [-0.2, 0) is 41.8 Å². The van der Waals surface area contributed by atoms with Crippen molar-refractivity contribution in [2.45, 2.75) is 98.7 Å². The molecule has 10 heteroatoms. The van der Waals surface area contributed by atoms with Crippen LogP contribution in [0.5, 0.6) is 0 Å². The predicted molar refractivity (Wildman–Crippen MR) is 309 cm³/mol. The van der Waals surface area contributed by atoms with E-state index in [1.165, 1.54) is 29.3 Å². The number of hydrogen-bond acceptors (Lipinski definition) is 3. The average molecular weight is 1280 g/mol. The number of rotatable bonds is 11. The molecule has 0 aliphatic heterocycles. The molecule has 4 saturated carbocycles.